The molecule has 2 rings (SSSR count). The third-order valence-corrected chi connectivity index (χ3v) is 3.45. The zero-order chi connectivity index (χ0) is 12.4. The molecule has 5 heteroatoms. The Morgan fingerprint density at radius 3 is 2.88 bits per heavy atom. The summed E-state index contributed by atoms with van der Waals surface area (Å²) >= 11 is 6.00. The topological polar surface area (TPSA) is 60.8 Å². The first-order chi connectivity index (χ1) is 8.08. The van der Waals surface area contributed by atoms with E-state index in [1.165, 1.54) is 0 Å². The Bertz CT molecular complexity index is 416. The highest BCUT2D eigenvalue weighted by atomic mass is 35.5. The van der Waals surface area contributed by atoms with Gasteiger partial charge >= 0.3 is 5.97 Å². The van der Waals surface area contributed by atoms with Crippen LogP contribution in [0.25, 0.3) is 0 Å². The first-order valence-electron chi connectivity index (χ1n) is 5.49. The standard InChI is InChI=1S/C12H14ClNO3/c13-10-2-1-3-11(15)9(10)7-14-5-4-8(6-14)12(16)17/h1-3,8,15H,4-7H2,(H,16,17). The molecule has 1 aliphatic heterocycles. The molecule has 0 aliphatic carbocycles. The number of benzene rings is 1. The van der Waals surface area contributed by atoms with Gasteiger partial charge in [-0.2, -0.15) is 0 Å². The van der Waals surface area contributed by atoms with E-state index in [9.17, 15) is 9.90 Å². The number of phenolic OH excluding ortho intramolecular Hbond substituents is 1. The van der Waals surface area contributed by atoms with E-state index in [-0.39, 0.29) is 11.7 Å². The minimum atomic E-state index is -0.754. The van der Waals surface area contributed by atoms with Crippen LogP contribution in [0.5, 0.6) is 5.75 Å². The lowest BCUT2D eigenvalue weighted by Gasteiger charge is -2.16. The van der Waals surface area contributed by atoms with Crippen LogP contribution in [0.15, 0.2) is 18.2 Å². The van der Waals surface area contributed by atoms with Crippen molar-refractivity contribution in [3.05, 3.63) is 28.8 Å². The molecular weight excluding hydrogens is 242 g/mol. The van der Waals surface area contributed by atoms with E-state index in [0.717, 1.165) is 6.54 Å². The summed E-state index contributed by atoms with van der Waals surface area (Å²) in [5.41, 5.74) is 0.667. The van der Waals surface area contributed by atoms with Crippen molar-refractivity contribution in [1.82, 2.24) is 4.90 Å². The van der Waals surface area contributed by atoms with Crippen molar-refractivity contribution in [2.45, 2.75) is 13.0 Å². The highest BCUT2D eigenvalue weighted by molar-refractivity contribution is 6.31. The molecule has 1 atom stereocenters. The summed E-state index contributed by atoms with van der Waals surface area (Å²) in [5.74, 6) is -0.896. The largest absolute Gasteiger partial charge is 0.508 e. The van der Waals surface area contributed by atoms with E-state index >= 15 is 0 Å². The normalized spacial score (nSPS) is 20.6. The van der Waals surface area contributed by atoms with Crippen LogP contribution in [0.3, 0.4) is 0 Å². The van der Waals surface area contributed by atoms with Crippen molar-refractivity contribution in [3.63, 3.8) is 0 Å². The molecule has 1 aliphatic rings. The number of nitrogens with zero attached hydrogens (tertiary/aromatic N) is 1. The molecule has 0 spiro atoms. The van der Waals surface area contributed by atoms with Gasteiger partial charge in [-0.25, -0.2) is 0 Å². The lowest BCUT2D eigenvalue weighted by molar-refractivity contribution is -0.141. The van der Waals surface area contributed by atoms with Crippen molar-refractivity contribution in [2.24, 2.45) is 5.92 Å². The molecule has 0 bridgehead atoms. The van der Waals surface area contributed by atoms with Crippen molar-refractivity contribution < 1.29 is 15.0 Å². The van der Waals surface area contributed by atoms with Gasteiger partial charge in [0.2, 0.25) is 0 Å². The number of carbonyl (C=O) groups is 1. The Morgan fingerprint density at radius 1 is 1.53 bits per heavy atom. The molecule has 1 saturated heterocycles. The third kappa shape index (κ3) is 2.70. The van der Waals surface area contributed by atoms with Crippen LogP contribution >= 0.6 is 11.6 Å². The molecule has 17 heavy (non-hydrogen) atoms. The number of likely N-dealkylation sites (tertiary alicyclic amines) is 1. The van der Waals surface area contributed by atoms with Crippen LogP contribution in [0.1, 0.15) is 12.0 Å². The number of hydrogen-bond acceptors (Lipinski definition) is 3. The average molecular weight is 256 g/mol. The average Bonchev–Trinajstić information content (AvgIpc) is 2.72. The molecule has 1 fully saturated rings. The summed E-state index contributed by atoms with van der Waals surface area (Å²) in [5, 5.41) is 19.1. The maximum Gasteiger partial charge on any atom is 0.307 e. The van der Waals surface area contributed by atoms with Crippen LogP contribution in [0, 0.1) is 5.92 Å². The Balaban J connectivity index is 2.05. The number of rotatable bonds is 3. The molecule has 0 saturated carbocycles. The zero-order valence-electron chi connectivity index (χ0n) is 9.27. The minimum absolute atomic E-state index is 0.163. The second-order valence-corrected chi connectivity index (χ2v) is 4.70. The van der Waals surface area contributed by atoms with Crippen LogP contribution in [-0.4, -0.2) is 34.2 Å². The number of aromatic hydroxyl groups is 1. The number of aliphatic carboxylic acids is 1. The maximum absolute atomic E-state index is 10.8. The fourth-order valence-electron chi connectivity index (χ4n) is 2.11. The zero-order valence-corrected chi connectivity index (χ0v) is 10.0. The molecular formula is C12H14ClNO3. The monoisotopic (exact) mass is 255 g/mol. The van der Waals surface area contributed by atoms with E-state index in [2.05, 4.69) is 0 Å². The molecule has 92 valence electrons. The summed E-state index contributed by atoms with van der Waals surface area (Å²) in [4.78, 5) is 12.8. The van der Waals surface area contributed by atoms with Gasteiger partial charge in [0.05, 0.1) is 5.92 Å². The molecule has 0 amide bonds. The van der Waals surface area contributed by atoms with Gasteiger partial charge in [0.1, 0.15) is 5.75 Å². The fraction of sp³-hybridized carbons (Fsp3) is 0.417. The summed E-state index contributed by atoms with van der Waals surface area (Å²) in [6.45, 7) is 1.73. The van der Waals surface area contributed by atoms with Gasteiger partial charge < -0.3 is 10.2 Å². The van der Waals surface area contributed by atoms with Gasteiger partial charge in [-0.1, -0.05) is 17.7 Å². The van der Waals surface area contributed by atoms with Crippen molar-refractivity contribution >= 4 is 17.6 Å². The van der Waals surface area contributed by atoms with Gasteiger partial charge in [0.15, 0.2) is 0 Å². The Hall–Kier alpha value is -1.26. The Labute approximate surface area is 104 Å². The summed E-state index contributed by atoms with van der Waals surface area (Å²) in [7, 11) is 0. The van der Waals surface area contributed by atoms with Crippen LogP contribution < -0.4 is 0 Å². The first kappa shape index (κ1) is 12.2. The maximum atomic E-state index is 10.8. The molecule has 2 N–H and O–H groups in total. The highest BCUT2D eigenvalue weighted by Gasteiger charge is 2.28. The van der Waals surface area contributed by atoms with Crippen LogP contribution in [0.2, 0.25) is 5.02 Å². The molecule has 0 radical (unpaired) electrons. The number of carboxylic acid groups (broad SMARTS) is 1. The van der Waals surface area contributed by atoms with E-state index < -0.39 is 5.97 Å². The van der Waals surface area contributed by atoms with E-state index in [1.54, 1.807) is 18.2 Å². The fourth-order valence-corrected chi connectivity index (χ4v) is 2.33. The second-order valence-electron chi connectivity index (χ2n) is 4.30. The molecule has 1 aromatic rings. The molecule has 4 nitrogen and oxygen atoms in total. The van der Waals surface area contributed by atoms with E-state index in [0.29, 0.717) is 30.1 Å². The van der Waals surface area contributed by atoms with Crippen molar-refractivity contribution in [3.8, 4) is 5.75 Å². The van der Waals surface area contributed by atoms with Gasteiger partial charge in [-0.15, -0.1) is 0 Å². The lowest BCUT2D eigenvalue weighted by atomic mass is 10.1. The van der Waals surface area contributed by atoms with Gasteiger partial charge in [0.25, 0.3) is 0 Å². The third-order valence-electron chi connectivity index (χ3n) is 3.10. The van der Waals surface area contributed by atoms with Gasteiger partial charge in [0, 0.05) is 23.7 Å². The first-order valence-corrected chi connectivity index (χ1v) is 5.87. The second kappa shape index (κ2) is 4.94. The Kier molecular flexibility index (Phi) is 3.54. The van der Waals surface area contributed by atoms with E-state index in [1.807, 2.05) is 4.90 Å². The smallest absolute Gasteiger partial charge is 0.307 e. The van der Waals surface area contributed by atoms with Crippen molar-refractivity contribution in [2.75, 3.05) is 13.1 Å². The summed E-state index contributed by atoms with van der Waals surface area (Å²) in [6, 6.07) is 5.00. The van der Waals surface area contributed by atoms with Crippen molar-refractivity contribution in [1.29, 1.82) is 0 Å². The van der Waals surface area contributed by atoms with E-state index in [4.69, 9.17) is 16.7 Å². The number of hydrogen-bond donors (Lipinski definition) is 2. The van der Waals surface area contributed by atoms with Gasteiger partial charge in [-0.05, 0) is 25.1 Å². The quantitative estimate of drug-likeness (QED) is 0.867. The predicted molar refractivity (Wildman–Crippen MR) is 64.1 cm³/mol. The molecule has 1 heterocycles. The van der Waals surface area contributed by atoms with Crippen LogP contribution in [-0.2, 0) is 11.3 Å². The summed E-state index contributed by atoms with van der Waals surface area (Å²) < 4.78 is 0. The van der Waals surface area contributed by atoms with Crippen LogP contribution in [0.4, 0.5) is 0 Å². The van der Waals surface area contributed by atoms with Gasteiger partial charge in [-0.3, -0.25) is 9.69 Å². The summed E-state index contributed by atoms with van der Waals surface area (Å²) in [6.07, 6.45) is 0.653. The Morgan fingerprint density at radius 2 is 2.29 bits per heavy atom. The lowest BCUT2D eigenvalue weighted by Crippen LogP contribution is -2.23. The number of halogens is 1. The minimum Gasteiger partial charge on any atom is -0.508 e. The number of carboxylic acids is 1. The predicted octanol–water partition coefficient (Wildman–Crippen LogP) is 1.95. The SMILES string of the molecule is O=C(O)C1CCN(Cc2c(O)cccc2Cl)C1. The molecule has 1 aromatic carbocycles. The number of phenols is 1. The highest BCUT2D eigenvalue weighted by Crippen LogP contribution is 2.28. The molecule has 0 aromatic heterocycles. The molecule has 1 unspecified atom stereocenters.